The van der Waals surface area contributed by atoms with Crippen LogP contribution in [0.4, 0.5) is 0 Å². The van der Waals surface area contributed by atoms with Crippen molar-refractivity contribution < 1.29 is 4.58 Å². The standard InChI is InChI=1S/C15H22N3/c1-5-13-6-8-14(9-7-13)12-18(4)15-16(2)10-11-17(15)3/h5-9H,1,10-12H2,2-4H3/q+1. The Balaban J connectivity index is 2.09. The van der Waals surface area contributed by atoms with Crippen LogP contribution in [0.2, 0.25) is 0 Å². The topological polar surface area (TPSA) is 9.49 Å². The summed E-state index contributed by atoms with van der Waals surface area (Å²) in [4.78, 5) is 4.61. The third-order valence-corrected chi connectivity index (χ3v) is 3.43. The lowest BCUT2D eigenvalue weighted by Crippen LogP contribution is -2.39. The van der Waals surface area contributed by atoms with Gasteiger partial charge in [0, 0.05) is 0 Å². The quantitative estimate of drug-likeness (QED) is 0.749. The van der Waals surface area contributed by atoms with E-state index in [1.807, 2.05) is 6.08 Å². The van der Waals surface area contributed by atoms with Gasteiger partial charge < -0.3 is 0 Å². The first-order valence-electron chi connectivity index (χ1n) is 6.33. The van der Waals surface area contributed by atoms with Crippen LogP contribution in [0.1, 0.15) is 11.1 Å². The van der Waals surface area contributed by atoms with E-state index in [1.165, 1.54) is 17.1 Å². The third kappa shape index (κ3) is 2.55. The second kappa shape index (κ2) is 5.25. The van der Waals surface area contributed by atoms with Gasteiger partial charge in [-0.25, -0.2) is 0 Å². The number of guanidine groups is 1. The minimum atomic E-state index is 0.932. The minimum absolute atomic E-state index is 0.932. The number of likely N-dealkylation sites (N-methyl/N-ethyl adjacent to an activating group) is 2. The molecule has 0 aromatic heterocycles. The number of rotatable bonds is 3. The lowest BCUT2D eigenvalue weighted by atomic mass is 10.1. The van der Waals surface area contributed by atoms with Crippen molar-refractivity contribution in [2.75, 3.05) is 34.2 Å². The Labute approximate surface area is 110 Å². The molecule has 1 aliphatic heterocycles. The SMILES string of the molecule is C=Cc1ccc(CN(C)C2=[N+](C)CCN2C)cc1. The molecule has 0 unspecified atom stereocenters. The van der Waals surface area contributed by atoms with E-state index in [1.54, 1.807) is 0 Å². The van der Waals surface area contributed by atoms with Gasteiger partial charge in [-0.1, -0.05) is 36.9 Å². The molecule has 0 fully saturated rings. The molecule has 2 rings (SSSR count). The molecular weight excluding hydrogens is 222 g/mol. The van der Waals surface area contributed by atoms with E-state index < -0.39 is 0 Å². The van der Waals surface area contributed by atoms with Crippen molar-refractivity contribution in [1.82, 2.24) is 9.80 Å². The number of nitrogens with zero attached hydrogens (tertiary/aromatic N) is 3. The Hall–Kier alpha value is -1.77. The highest BCUT2D eigenvalue weighted by Gasteiger charge is 2.27. The zero-order valence-corrected chi connectivity index (χ0v) is 11.6. The van der Waals surface area contributed by atoms with Crippen molar-refractivity contribution in [3.63, 3.8) is 0 Å². The molecule has 0 bridgehead atoms. The molecule has 0 radical (unpaired) electrons. The van der Waals surface area contributed by atoms with Gasteiger partial charge >= 0.3 is 5.96 Å². The lowest BCUT2D eigenvalue weighted by molar-refractivity contribution is -0.491. The van der Waals surface area contributed by atoms with Crippen molar-refractivity contribution >= 4 is 12.0 Å². The fraction of sp³-hybridized carbons (Fsp3) is 0.400. The van der Waals surface area contributed by atoms with Crippen LogP contribution in [-0.4, -0.2) is 54.6 Å². The van der Waals surface area contributed by atoms with E-state index in [0.717, 1.165) is 19.6 Å². The first kappa shape index (κ1) is 12.7. The first-order chi connectivity index (χ1) is 8.61. The van der Waals surface area contributed by atoms with Crippen LogP contribution in [0.3, 0.4) is 0 Å². The molecule has 3 heteroatoms. The molecule has 96 valence electrons. The zero-order valence-electron chi connectivity index (χ0n) is 11.6. The third-order valence-electron chi connectivity index (χ3n) is 3.43. The van der Waals surface area contributed by atoms with Crippen molar-refractivity contribution in [2.45, 2.75) is 6.54 Å². The van der Waals surface area contributed by atoms with Crippen LogP contribution in [-0.2, 0) is 6.54 Å². The van der Waals surface area contributed by atoms with Crippen LogP contribution < -0.4 is 0 Å². The van der Waals surface area contributed by atoms with Gasteiger partial charge in [0.05, 0.1) is 40.8 Å². The molecule has 0 saturated heterocycles. The van der Waals surface area contributed by atoms with Gasteiger partial charge in [0.1, 0.15) is 0 Å². The maximum atomic E-state index is 3.78. The van der Waals surface area contributed by atoms with E-state index in [2.05, 4.69) is 66.4 Å². The highest BCUT2D eigenvalue weighted by molar-refractivity contribution is 5.75. The van der Waals surface area contributed by atoms with Crippen molar-refractivity contribution in [1.29, 1.82) is 0 Å². The van der Waals surface area contributed by atoms with Crippen molar-refractivity contribution in [2.24, 2.45) is 0 Å². The van der Waals surface area contributed by atoms with Gasteiger partial charge in [-0.05, 0) is 11.1 Å². The second-order valence-electron chi connectivity index (χ2n) is 4.94. The maximum absolute atomic E-state index is 3.78. The summed E-state index contributed by atoms with van der Waals surface area (Å²) < 4.78 is 2.30. The van der Waals surface area contributed by atoms with Gasteiger partial charge in [0.15, 0.2) is 0 Å². The van der Waals surface area contributed by atoms with Crippen LogP contribution in [0.25, 0.3) is 6.08 Å². The normalized spacial score (nSPS) is 15.2. The van der Waals surface area contributed by atoms with E-state index >= 15 is 0 Å². The largest absolute Gasteiger partial charge is 0.350 e. The molecule has 18 heavy (non-hydrogen) atoms. The van der Waals surface area contributed by atoms with E-state index in [0.29, 0.717) is 0 Å². The van der Waals surface area contributed by atoms with Gasteiger partial charge in [-0.15, -0.1) is 0 Å². The summed E-state index contributed by atoms with van der Waals surface area (Å²) in [6.07, 6.45) is 1.88. The first-order valence-corrected chi connectivity index (χ1v) is 6.33. The molecule has 0 aliphatic carbocycles. The zero-order chi connectivity index (χ0) is 13.1. The van der Waals surface area contributed by atoms with Crippen LogP contribution >= 0.6 is 0 Å². The summed E-state index contributed by atoms with van der Waals surface area (Å²) in [6.45, 7) is 6.91. The minimum Gasteiger partial charge on any atom is -0.264 e. The Morgan fingerprint density at radius 1 is 1.39 bits per heavy atom. The van der Waals surface area contributed by atoms with E-state index in [4.69, 9.17) is 0 Å². The average Bonchev–Trinajstić information content (AvgIpc) is 2.70. The smallest absolute Gasteiger partial charge is 0.264 e. The molecule has 0 amide bonds. The van der Waals surface area contributed by atoms with Gasteiger partial charge in [-0.2, -0.15) is 0 Å². The fourth-order valence-electron chi connectivity index (χ4n) is 2.48. The second-order valence-corrected chi connectivity index (χ2v) is 4.94. The molecular formula is C15H22N3+. The predicted octanol–water partition coefficient (Wildman–Crippen LogP) is 1.71. The number of benzene rings is 1. The summed E-state index contributed by atoms with van der Waals surface area (Å²) in [6, 6.07) is 8.57. The fourth-order valence-corrected chi connectivity index (χ4v) is 2.48. The van der Waals surface area contributed by atoms with Crippen molar-refractivity contribution in [3.05, 3.63) is 42.0 Å². The van der Waals surface area contributed by atoms with Crippen LogP contribution in [0.15, 0.2) is 30.8 Å². The van der Waals surface area contributed by atoms with Crippen LogP contribution in [0, 0.1) is 0 Å². The molecule has 1 aliphatic rings. The molecule has 0 saturated carbocycles. The van der Waals surface area contributed by atoms with E-state index in [9.17, 15) is 0 Å². The van der Waals surface area contributed by atoms with E-state index in [-0.39, 0.29) is 0 Å². The summed E-state index contributed by atoms with van der Waals surface area (Å²) in [7, 11) is 6.45. The Bertz CT molecular complexity index is 459. The Morgan fingerprint density at radius 2 is 2.06 bits per heavy atom. The van der Waals surface area contributed by atoms with Crippen LogP contribution in [0.5, 0.6) is 0 Å². The molecule has 3 nitrogen and oxygen atoms in total. The summed E-state index contributed by atoms with van der Waals surface area (Å²) in [5.41, 5.74) is 2.49. The monoisotopic (exact) mass is 244 g/mol. The number of hydrogen-bond donors (Lipinski definition) is 0. The Morgan fingerprint density at radius 3 is 2.56 bits per heavy atom. The molecule has 0 spiro atoms. The van der Waals surface area contributed by atoms with Crippen molar-refractivity contribution in [3.8, 4) is 0 Å². The molecule has 1 aromatic carbocycles. The highest BCUT2D eigenvalue weighted by Crippen LogP contribution is 2.10. The predicted molar refractivity (Wildman–Crippen MR) is 76.7 cm³/mol. The molecule has 1 aromatic rings. The summed E-state index contributed by atoms with van der Waals surface area (Å²) >= 11 is 0. The average molecular weight is 244 g/mol. The van der Waals surface area contributed by atoms with Gasteiger partial charge in [0.2, 0.25) is 0 Å². The summed E-state index contributed by atoms with van der Waals surface area (Å²) in [5, 5.41) is 0. The lowest BCUT2D eigenvalue weighted by Gasteiger charge is -2.18. The molecule has 0 atom stereocenters. The highest BCUT2D eigenvalue weighted by atomic mass is 15.4. The maximum Gasteiger partial charge on any atom is 0.350 e. The van der Waals surface area contributed by atoms with Gasteiger partial charge in [0.25, 0.3) is 0 Å². The Kier molecular flexibility index (Phi) is 3.70. The number of hydrogen-bond acceptors (Lipinski definition) is 2. The molecule has 1 heterocycles. The molecule has 0 N–H and O–H groups in total. The van der Waals surface area contributed by atoms with Gasteiger partial charge in [-0.3, -0.25) is 14.4 Å². The summed E-state index contributed by atoms with van der Waals surface area (Å²) in [5.74, 6) is 1.29.